The summed E-state index contributed by atoms with van der Waals surface area (Å²) >= 11 is 0. The Morgan fingerprint density at radius 2 is 2.35 bits per heavy atom. The molecule has 1 aromatic rings. The summed E-state index contributed by atoms with van der Waals surface area (Å²) in [5, 5.41) is 3.34. The minimum Gasteiger partial charge on any atom is -0.493 e. The Morgan fingerprint density at radius 3 is 3.12 bits per heavy atom. The highest BCUT2D eigenvalue weighted by atomic mass is 16.5. The summed E-state index contributed by atoms with van der Waals surface area (Å²) in [6.45, 7) is 4.87. The van der Waals surface area contributed by atoms with Crippen LogP contribution in [0.5, 0.6) is 5.75 Å². The predicted molar refractivity (Wildman–Crippen MR) is 69.1 cm³/mol. The molecule has 0 aliphatic heterocycles. The third-order valence-corrected chi connectivity index (χ3v) is 3.01. The molecule has 3 heteroatoms. The Morgan fingerprint density at radius 1 is 1.47 bits per heavy atom. The number of nitrogens with zero attached hydrogens (tertiary/aromatic N) is 1. The summed E-state index contributed by atoms with van der Waals surface area (Å²) in [4.78, 5) is 4.32. The largest absolute Gasteiger partial charge is 0.493 e. The quantitative estimate of drug-likeness (QED) is 0.702. The van der Waals surface area contributed by atoms with Crippen LogP contribution in [0.3, 0.4) is 0 Å². The predicted octanol–water partition coefficient (Wildman–Crippen LogP) is 2.76. The molecule has 0 saturated heterocycles. The van der Waals surface area contributed by atoms with Crippen LogP contribution in [0.2, 0.25) is 0 Å². The topological polar surface area (TPSA) is 34.1 Å². The van der Waals surface area contributed by atoms with E-state index in [1.807, 2.05) is 18.3 Å². The summed E-state index contributed by atoms with van der Waals surface area (Å²) in [6.07, 6.45) is 6.97. The molecule has 0 radical (unpaired) electrons. The van der Waals surface area contributed by atoms with E-state index in [0.29, 0.717) is 0 Å². The van der Waals surface area contributed by atoms with Crippen molar-refractivity contribution in [1.82, 2.24) is 10.3 Å². The molecule has 3 nitrogen and oxygen atoms in total. The Bertz CT molecular complexity index is 337. The average Bonchev–Trinajstić information content (AvgIpc) is 3.14. The lowest BCUT2D eigenvalue weighted by atomic mass is 10.3. The van der Waals surface area contributed by atoms with Crippen molar-refractivity contribution in [1.29, 1.82) is 0 Å². The van der Waals surface area contributed by atoms with Gasteiger partial charge >= 0.3 is 0 Å². The third-order valence-electron chi connectivity index (χ3n) is 3.01. The van der Waals surface area contributed by atoms with E-state index in [2.05, 4.69) is 17.2 Å². The van der Waals surface area contributed by atoms with E-state index in [9.17, 15) is 0 Å². The van der Waals surface area contributed by atoms with Gasteiger partial charge in [-0.25, -0.2) is 0 Å². The van der Waals surface area contributed by atoms with Crippen molar-refractivity contribution in [3.8, 4) is 5.75 Å². The molecule has 0 bridgehead atoms. The second kappa shape index (κ2) is 6.60. The fourth-order valence-electron chi connectivity index (χ4n) is 1.79. The van der Waals surface area contributed by atoms with Crippen molar-refractivity contribution >= 4 is 0 Å². The van der Waals surface area contributed by atoms with Gasteiger partial charge in [-0.2, -0.15) is 0 Å². The average molecular weight is 234 g/mol. The molecule has 17 heavy (non-hydrogen) atoms. The van der Waals surface area contributed by atoms with Gasteiger partial charge in [0.25, 0.3) is 0 Å². The van der Waals surface area contributed by atoms with Gasteiger partial charge in [0.15, 0.2) is 0 Å². The van der Waals surface area contributed by atoms with Gasteiger partial charge in [0, 0.05) is 18.8 Å². The maximum atomic E-state index is 5.74. The molecule has 1 aromatic heterocycles. The lowest BCUT2D eigenvalue weighted by Crippen LogP contribution is -2.14. The molecule has 0 spiro atoms. The molecule has 94 valence electrons. The zero-order chi connectivity index (χ0) is 11.9. The second-order valence-electron chi connectivity index (χ2n) is 4.74. The van der Waals surface area contributed by atoms with Crippen LogP contribution in [-0.4, -0.2) is 18.1 Å². The highest BCUT2D eigenvalue weighted by Gasteiger charge is 2.20. The Hall–Kier alpha value is -1.09. The summed E-state index contributed by atoms with van der Waals surface area (Å²) < 4.78 is 5.74. The van der Waals surface area contributed by atoms with Crippen molar-refractivity contribution in [2.45, 2.75) is 39.2 Å². The SMILES string of the molecule is CCCNCc1cc(OCCC2CC2)ccn1. The normalized spacial score (nSPS) is 14.9. The lowest BCUT2D eigenvalue weighted by molar-refractivity contribution is 0.301. The monoisotopic (exact) mass is 234 g/mol. The van der Waals surface area contributed by atoms with Gasteiger partial charge in [-0.1, -0.05) is 19.8 Å². The summed E-state index contributed by atoms with van der Waals surface area (Å²) in [5.74, 6) is 1.89. The second-order valence-corrected chi connectivity index (χ2v) is 4.74. The van der Waals surface area contributed by atoms with E-state index in [1.165, 1.54) is 19.3 Å². The summed E-state index contributed by atoms with van der Waals surface area (Å²) in [7, 11) is 0. The molecule has 1 heterocycles. The lowest BCUT2D eigenvalue weighted by Gasteiger charge is -2.07. The summed E-state index contributed by atoms with van der Waals surface area (Å²) in [5.41, 5.74) is 1.06. The zero-order valence-electron chi connectivity index (χ0n) is 10.6. The number of nitrogens with one attached hydrogen (secondary N) is 1. The number of hydrogen-bond acceptors (Lipinski definition) is 3. The van der Waals surface area contributed by atoms with Crippen LogP contribution in [0.1, 0.15) is 38.3 Å². The van der Waals surface area contributed by atoms with Gasteiger partial charge in [-0.3, -0.25) is 4.98 Å². The first-order valence-corrected chi connectivity index (χ1v) is 6.67. The summed E-state index contributed by atoms with van der Waals surface area (Å²) in [6, 6.07) is 3.98. The van der Waals surface area contributed by atoms with Crippen LogP contribution in [0, 0.1) is 5.92 Å². The standard InChI is InChI=1S/C14H22N2O/c1-2-7-15-11-13-10-14(5-8-16-13)17-9-6-12-3-4-12/h5,8,10,12,15H,2-4,6-7,9,11H2,1H3. The highest BCUT2D eigenvalue weighted by Crippen LogP contribution is 2.32. The van der Waals surface area contributed by atoms with Crippen molar-refractivity contribution < 1.29 is 4.74 Å². The molecule has 1 fully saturated rings. The molecule has 1 saturated carbocycles. The third kappa shape index (κ3) is 4.73. The maximum absolute atomic E-state index is 5.74. The van der Waals surface area contributed by atoms with Gasteiger partial charge in [0.1, 0.15) is 5.75 Å². The van der Waals surface area contributed by atoms with E-state index in [0.717, 1.165) is 43.5 Å². The number of ether oxygens (including phenoxy) is 1. The molecule has 1 N–H and O–H groups in total. The van der Waals surface area contributed by atoms with Crippen molar-refractivity contribution in [2.75, 3.05) is 13.2 Å². The molecule has 0 unspecified atom stereocenters. The molecule has 0 atom stereocenters. The van der Waals surface area contributed by atoms with Gasteiger partial charge in [0.2, 0.25) is 0 Å². The minimum absolute atomic E-state index is 0.827. The number of hydrogen-bond donors (Lipinski definition) is 1. The minimum atomic E-state index is 0.827. The maximum Gasteiger partial charge on any atom is 0.122 e. The van der Waals surface area contributed by atoms with Crippen LogP contribution in [0.15, 0.2) is 18.3 Å². The van der Waals surface area contributed by atoms with Crippen LogP contribution in [0.4, 0.5) is 0 Å². The van der Waals surface area contributed by atoms with E-state index in [-0.39, 0.29) is 0 Å². The van der Waals surface area contributed by atoms with Gasteiger partial charge < -0.3 is 10.1 Å². The molecule has 1 aliphatic carbocycles. The van der Waals surface area contributed by atoms with Gasteiger partial charge in [-0.05, 0) is 31.4 Å². The zero-order valence-corrected chi connectivity index (χ0v) is 10.6. The molecule has 2 rings (SSSR count). The van der Waals surface area contributed by atoms with E-state index in [1.54, 1.807) is 0 Å². The van der Waals surface area contributed by atoms with Crippen molar-refractivity contribution in [3.05, 3.63) is 24.0 Å². The number of aromatic nitrogens is 1. The van der Waals surface area contributed by atoms with E-state index >= 15 is 0 Å². The molecule has 1 aliphatic rings. The van der Waals surface area contributed by atoms with E-state index in [4.69, 9.17) is 4.74 Å². The number of rotatable bonds is 8. The van der Waals surface area contributed by atoms with E-state index < -0.39 is 0 Å². The highest BCUT2D eigenvalue weighted by molar-refractivity contribution is 5.22. The van der Waals surface area contributed by atoms with Crippen LogP contribution >= 0.6 is 0 Å². The molecule has 0 amide bonds. The van der Waals surface area contributed by atoms with Crippen LogP contribution < -0.4 is 10.1 Å². The van der Waals surface area contributed by atoms with Crippen LogP contribution in [0.25, 0.3) is 0 Å². The van der Waals surface area contributed by atoms with Crippen molar-refractivity contribution in [3.63, 3.8) is 0 Å². The van der Waals surface area contributed by atoms with Gasteiger partial charge in [-0.15, -0.1) is 0 Å². The first-order chi connectivity index (χ1) is 8.38. The van der Waals surface area contributed by atoms with Crippen molar-refractivity contribution in [2.24, 2.45) is 5.92 Å². The molecular formula is C14H22N2O. The van der Waals surface area contributed by atoms with Gasteiger partial charge in [0.05, 0.1) is 12.3 Å². The first kappa shape index (κ1) is 12.4. The Labute approximate surface area is 104 Å². The molecular weight excluding hydrogens is 212 g/mol. The smallest absolute Gasteiger partial charge is 0.122 e. The Balaban J connectivity index is 1.73. The first-order valence-electron chi connectivity index (χ1n) is 6.67. The number of pyridine rings is 1. The fraction of sp³-hybridized carbons (Fsp3) is 0.643. The Kier molecular flexibility index (Phi) is 4.80. The van der Waals surface area contributed by atoms with Crippen LogP contribution in [-0.2, 0) is 6.54 Å². The fourth-order valence-corrected chi connectivity index (χ4v) is 1.79. The molecule has 0 aromatic carbocycles.